The van der Waals surface area contributed by atoms with Crippen LogP contribution in [0.15, 0.2) is 10.6 Å². The average molecular weight is 351 g/mol. The molecule has 1 aliphatic carbocycles. The molecule has 2 saturated heterocycles. The van der Waals surface area contributed by atoms with Gasteiger partial charge in [0, 0.05) is 41.2 Å². The van der Waals surface area contributed by atoms with Crippen molar-refractivity contribution < 1.29 is 14.7 Å². The van der Waals surface area contributed by atoms with Gasteiger partial charge >= 0.3 is 0 Å². The van der Waals surface area contributed by atoms with E-state index in [4.69, 9.17) is 5.73 Å². The SMILES string of the molecule is CC(O)C1C(=O)N2C(C=O)=C(SC3CN(C4CC(N)C4)C3)C(C)C12. The Labute approximate surface area is 146 Å². The van der Waals surface area contributed by atoms with Gasteiger partial charge in [-0.25, -0.2) is 0 Å². The van der Waals surface area contributed by atoms with Crippen LogP contribution in [0.5, 0.6) is 0 Å². The monoisotopic (exact) mass is 351 g/mol. The summed E-state index contributed by atoms with van der Waals surface area (Å²) in [6.45, 7) is 5.79. The van der Waals surface area contributed by atoms with E-state index < -0.39 is 6.10 Å². The Balaban J connectivity index is 1.41. The fourth-order valence-corrected chi connectivity index (χ4v) is 6.09. The number of hydrogen-bond acceptors (Lipinski definition) is 6. The Hall–Kier alpha value is -0.890. The van der Waals surface area contributed by atoms with E-state index in [-0.39, 0.29) is 23.8 Å². The van der Waals surface area contributed by atoms with Crippen molar-refractivity contribution >= 4 is 24.0 Å². The lowest BCUT2D eigenvalue weighted by atomic mass is 9.79. The van der Waals surface area contributed by atoms with Crippen LogP contribution in [0.1, 0.15) is 26.7 Å². The summed E-state index contributed by atoms with van der Waals surface area (Å²) in [7, 11) is 0. The second-order valence-corrected chi connectivity index (χ2v) is 9.04. The van der Waals surface area contributed by atoms with E-state index in [9.17, 15) is 14.7 Å². The number of thioether (sulfide) groups is 1. The number of aliphatic hydroxyl groups excluding tert-OH is 1. The van der Waals surface area contributed by atoms with Gasteiger partial charge in [0.25, 0.3) is 0 Å². The van der Waals surface area contributed by atoms with E-state index in [2.05, 4.69) is 11.8 Å². The van der Waals surface area contributed by atoms with Crippen LogP contribution >= 0.6 is 11.8 Å². The summed E-state index contributed by atoms with van der Waals surface area (Å²) in [5.74, 6) is -0.362. The van der Waals surface area contributed by atoms with Gasteiger partial charge in [0.15, 0.2) is 6.29 Å². The van der Waals surface area contributed by atoms with E-state index in [1.54, 1.807) is 23.6 Å². The number of fused-ring (bicyclic) bond motifs is 1. The van der Waals surface area contributed by atoms with E-state index in [1.165, 1.54) is 0 Å². The van der Waals surface area contributed by atoms with E-state index in [0.717, 1.165) is 37.1 Å². The van der Waals surface area contributed by atoms with Gasteiger partial charge in [0.2, 0.25) is 5.91 Å². The zero-order valence-electron chi connectivity index (χ0n) is 14.1. The number of nitrogens with two attached hydrogens (primary N) is 1. The minimum atomic E-state index is -0.666. The summed E-state index contributed by atoms with van der Waals surface area (Å²) < 4.78 is 0. The standard InChI is InChI=1S/C17H25N3O3S/c1-8-15-14(9(2)22)17(23)20(15)13(7-21)16(8)24-12-5-19(6-12)11-3-10(18)4-11/h7-12,14-15,22H,3-6,18H2,1-2H3. The van der Waals surface area contributed by atoms with Gasteiger partial charge in [-0.3, -0.25) is 14.5 Å². The van der Waals surface area contributed by atoms with Gasteiger partial charge in [0.05, 0.1) is 23.8 Å². The number of amides is 1. The Morgan fingerprint density at radius 3 is 2.58 bits per heavy atom. The van der Waals surface area contributed by atoms with Gasteiger partial charge in [-0.15, -0.1) is 11.8 Å². The molecule has 4 unspecified atom stereocenters. The zero-order chi connectivity index (χ0) is 17.2. The molecule has 0 aromatic rings. The molecule has 1 saturated carbocycles. The second-order valence-electron chi connectivity index (χ2n) is 7.70. The molecule has 0 spiro atoms. The number of carbonyl (C=O) groups is 2. The average Bonchev–Trinajstić information content (AvgIpc) is 2.68. The highest BCUT2D eigenvalue weighted by Gasteiger charge is 2.58. The topological polar surface area (TPSA) is 86.9 Å². The van der Waals surface area contributed by atoms with Gasteiger partial charge in [-0.2, -0.15) is 0 Å². The zero-order valence-corrected chi connectivity index (χ0v) is 14.9. The van der Waals surface area contributed by atoms with Crippen molar-refractivity contribution in [2.24, 2.45) is 17.6 Å². The van der Waals surface area contributed by atoms with E-state index >= 15 is 0 Å². The highest BCUT2D eigenvalue weighted by atomic mass is 32.2. The van der Waals surface area contributed by atoms with Crippen molar-refractivity contribution in [1.82, 2.24) is 9.80 Å². The molecule has 4 aliphatic rings. The lowest BCUT2D eigenvalue weighted by Crippen LogP contribution is -2.63. The van der Waals surface area contributed by atoms with Crippen LogP contribution in [0, 0.1) is 11.8 Å². The second kappa shape index (κ2) is 5.83. The molecular formula is C17H25N3O3S. The first-order valence-electron chi connectivity index (χ1n) is 8.79. The third kappa shape index (κ3) is 2.29. The lowest BCUT2D eigenvalue weighted by Gasteiger charge is -2.49. The Kier molecular flexibility index (Phi) is 4.03. The summed E-state index contributed by atoms with van der Waals surface area (Å²) in [4.78, 5) is 29.0. The first-order valence-corrected chi connectivity index (χ1v) is 9.67. The molecule has 24 heavy (non-hydrogen) atoms. The first kappa shape index (κ1) is 16.6. The minimum absolute atomic E-state index is 0.0546. The maximum atomic E-state index is 12.3. The molecule has 6 nitrogen and oxygen atoms in total. The fraction of sp³-hybridized carbons (Fsp3) is 0.765. The van der Waals surface area contributed by atoms with Crippen LogP contribution in [0.2, 0.25) is 0 Å². The summed E-state index contributed by atoms with van der Waals surface area (Å²) in [5, 5.41) is 10.3. The first-order chi connectivity index (χ1) is 11.4. The molecular weight excluding hydrogens is 326 g/mol. The third-order valence-corrected chi connectivity index (χ3v) is 7.56. The quantitative estimate of drug-likeness (QED) is 0.542. The van der Waals surface area contributed by atoms with Crippen LogP contribution in [-0.4, -0.2) is 69.7 Å². The maximum Gasteiger partial charge on any atom is 0.235 e. The molecule has 3 fully saturated rings. The summed E-state index contributed by atoms with van der Waals surface area (Å²) in [5.41, 5.74) is 6.39. The number of rotatable bonds is 5. The van der Waals surface area contributed by atoms with Crippen molar-refractivity contribution in [3.05, 3.63) is 10.6 Å². The van der Waals surface area contributed by atoms with Crippen LogP contribution in [-0.2, 0) is 9.59 Å². The van der Waals surface area contributed by atoms with Crippen molar-refractivity contribution in [2.45, 2.75) is 56.2 Å². The molecule has 0 bridgehead atoms. The fourth-order valence-electron chi connectivity index (χ4n) is 4.58. The van der Waals surface area contributed by atoms with Crippen LogP contribution < -0.4 is 5.73 Å². The normalized spacial score (nSPS) is 40.8. The molecule has 4 atom stereocenters. The highest BCUT2D eigenvalue weighted by molar-refractivity contribution is 8.03. The summed E-state index contributed by atoms with van der Waals surface area (Å²) >= 11 is 1.75. The molecule has 0 aromatic carbocycles. The van der Waals surface area contributed by atoms with Crippen molar-refractivity contribution in [3.63, 3.8) is 0 Å². The molecule has 4 rings (SSSR count). The Morgan fingerprint density at radius 2 is 2.04 bits per heavy atom. The number of nitrogens with zero attached hydrogens (tertiary/aromatic N) is 2. The molecule has 3 N–H and O–H groups in total. The summed E-state index contributed by atoms with van der Waals surface area (Å²) in [6.07, 6.45) is 2.34. The molecule has 132 valence electrons. The molecule has 0 aromatic heterocycles. The van der Waals surface area contributed by atoms with Gasteiger partial charge in [-0.05, 0) is 19.8 Å². The van der Waals surface area contributed by atoms with Crippen LogP contribution in [0.3, 0.4) is 0 Å². The van der Waals surface area contributed by atoms with Crippen molar-refractivity contribution in [2.75, 3.05) is 13.1 Å². The molecule has 0 radical (unpaired) electrons. The van der Waals surface area contributed by atoms with Crippen LogP contribution in [0.4, 0.5) is 0 Å². The Bertz CT molecular complexity index is 596. The number of allylic oxidation sites excluding steroid dienone is 1. The van der Waals surface area contributed by atoms with E-state index in [1.807, 2.05) is 0 Å². The van der Waals surface area contributed by atoms with Gasteiger partial charge < -0.3 is 15.7 Å². The molecule has 7 heteroatoms. The largest absolute Gasteiger partial charge is 0.393 e. The number of carbonyl (C=O) groups excluding carboxylic acids is 2. The predicted molar refractivity (Wildman–Crippen MR) is 92.0 cm³/mol. The van der Waals surface area contributed by atoms with Crippen LogP contribution in [0.25, 0.3) is 0 Å². The van der Waals surface area contributed by atoms with Crippen molar-refractivity contribution in [1.29, 1.82) is 0 Å². The highest BCUT2D eigenvalue weighted by Crippen LogP contribution is 2.51. The number of aldehydes is 1. The number of hydrogen-bond donors (Lipinski definition) is 2. The van der Waals surface area contributed by atoms with Gasteiger partial charge in [-0.1, -0.05) is 6.92 Å². The molecule has 3 aliphatic heterocycles. The number of likely N-dealkylation sites (tertiary alicyclic amines) is 1. The Morgan fingerprint density at radius 1 is 1.38 bits per heavy atom. The molecule has 3 heterocycles. The molecule has 1 amide bonds. The van der Waals surface area contributed by atoms with Gasteiger partial charge in [0.1, 0.15) is 0 Å². The lowest BCUT2D eigenvalue weighted by molar-refractivity contribution is -0.160. The predicted octanol–water partition coefficient (Wildman–Crippen LogP) is 0.162. The van der Waals surface area contributed by atoms with E-state index in [0.29, 0.717) is 23.0 Å². The third-order valence-electron chi connectivity index (χ3n) is 6.09. The number of β-lactam (4-membered cyclic amide) rings is 1. The minimum Gasteiger partial charge on any atom is -0.393 e. The number of aliphatic hydroxyl groups is 1. The van der Waals surface area contributed by atoms with Crippen molar-refractivity contribution in [3.8, 4) is 0 Å². The summed E-state index contributed by atoms with van der Waals surface area (Å²) in [6, 6.07) is 0.951. The maximum absolute atomic E-state index is 12.3. The smallest absolute Gasteiger partial charge is 0.235 e.